The van der Waals surface area contributed by atoms with Gasteiger partial charge in [-0.2, -0.15) is 0 Å². The maximum atomic E-state index is 13.0. The fourth-order valence-corrected chi connectivity index (χ4v) is 3.05. The van der Waals surface area contributed by atoms with Crippen LogP contribution in [0.2, 0.25) is 0 Å². The molecule has 0 bridgehead atoms. The Kier molecular flexibility index (Phi) is 5.13. The number of carbonyl (C=O) groups excluding carboxylic acids is 1. The fourth-order valence-electron chi connectivity index (χ4n) is 3.05. The third kappa shape index (κ3) is 4.50. The van der Waals surface area contributed by atoms with Crippen molar-refractivity contribution in [2.45, 2.75) is 25.7 Å². The Morgan fingerprint density at radius 2 is 1.69 bits per heavy atom. The van der Waals surface area contributed by atoms with Crippen LogP contribution in [0.3, 0.4) is 0 Å². The number of benzene rings is 2. The zero-order valence-corrected chi connectivity index (χ0v) is 16.1. The molecule has 0 aliphatic carbocycles. The van der Waals surface area contributed by atoms with Crippen LogP contribution in [0.1, 0.15) is 24.3 Å². The summed E-state index contributed by atoms with van der Waals surface area (Å²) in [5.41, 5.74) is 1.85. The number of hydrogen-bond acceptors (Lipinski definition) is 5. The lowest BCUT2D eigenvalue weighted by Gasteiger charge is -2.16. The molecule has 3 aromatic rings. The van der Waals surface area contributed by atoms with Crippen LogP contribution >= 0.6 is 0 Å². The van der Waals surface area contributed by atoms with Crippen molar-refractivity contribution in [2.24, 2.45) is 0 Å². The summed E-state index contributed by atoms with van der Waals surface area (Å²) in [6.45, 7) is 3.77. The Balaban J connectivity index is 1.49. The number of ketones is 1. The van der Waals surface area contributed by atoms with Gasteiger partial charge in [0, 0.05) is 5.56 Å². The van der Waals surface area contributed by atoms with E-state index >= 15 is 0 Å². The standard InChI is InChI=1S/C23H20FNO4/c1-23(2)27-14-21(29-23)22(26)20-5-3-4-19(25-20)15-6-10-17(11-7-15)28-18-12-8-16(24)9-13-18/h3-13,21H,14H2,1-2H3/t21-/m1/s1. The van der Waals surface area contributed by atoms with Crippen LogP contribution in [-0.4, -0.2) is 29.3 Å². The second-order valence-corrected chi connectivity index (χ2v) is 7.17. The van der Waals surface area contributed by atoms with Crippen molar-refractivity contribution in [1.29, 1.82) is 0 Å². The van der Waals surface area contributed by atoms with E-state index in [1.165, 1.54) is 12.1 Å². The van der Waals surface area contributed by atoms with Crippen LogP contribution in [0, 0.1) is 5.82 Å². The Bertz CT molecular complexity index is 1020. The molecule has 1 saturated heterocycles. The van der Waals surface area contributed by atoms with Crippen LogP contribution in [0.15, 0.2) is 66.7 Å². The van der Waals surface area contributed by atoms with Gasteiger partial charge in [-0.15, -0.1) is 0 Å². The van der Waals surface area contributed by atoms with Crippen molar-refractivity contribution in [3.05, 3.63) is 78.2 Å². The average Bonchev–Trinajstić information content (AvgIpc) is 3.09. The predicted octanol–water partition coefficient (Wildman–Crippen LogP) is 5.01. The molecule has 2 aromatic carbocycles. The monoisotopic (exact) mass is 393 g/mol. The molecular weight excluding hydrogens is 373 g/mol. The van der Waals surface area contributed by atoms with Crippen LogP contribution in [0.25, 0.3) is 11.3 Å². The van der Waals surface area contributed by atoms with Crippen molar-refractivity contribution >= 4 is 5.78 Å². The fraction of sp³-hybridized carbons (Fsp3) is 0.217. The topological polar surface area (TPSA) is 57.7 Å². The smallest absolute Gasteiger partial charge is 0.212 e. The van der Waals surface area contributed by atoms with E-state index in [2.05, 4.69) is 4.98 Å². The normalized spacial score (nSPS) is 17.8. The minimum atomic E-state index is -0.766. The average molecular weight is 393 g/mol. The van der Waals surface area contributed by atoms with Crippen molar-refractivity contribution in [3.63, 3.8) is 0 Å². The number of rotatable bonds is 5. The lowest BCUT2D eigenvalue weighted by atomic mass is 10.1. The first kappa shape index (κ1) is 19.2. The minimum Gasteiger partial charge on any atom is -0.457 e. The quantitative estimate of drug-likeness (QED) is 0.570. The van der Waals surface area contributed by atoms with Gasteiger partial charge in [-0.3, -0.25) is 4.79 Å². The number of pyridine rings is 1. The Morgan fingerprint density at radius 3 is 2.31 bits per heavy atom. The molecule has 0 saturated carbocycles. The van der Waals surface area contributed by atoms with E-state index in [0.717, 1.165) is 5.56 Å². The zero-order chi connectivity index (χ0) is 20.4. The van der Waals surface area contributed by atoms with E-state index in [1.54, 1.807) is 50.2 Å². The Labute approximate surface area is 168 Å². The van der Waals surface area contributed by atoms with E-state index in [9.17, 15) is 9.18 Å². The SMILES string of the molecule is CC1(C)OC[C@H](C(=O)c2cccc(-c3ccc(Oc4ccc(F)cc4)cc3)n2)O1. The summed E-state index contributed by atoms with van der Waals surface area (Å²) in [4.78, 5) is 17.2. The third-order valence-corrected chi connectivity index (χ3v) is 4.50. The second kappa shape index (κ2) is 7.73. The Morgan fingerprint density at radius 1 is 1.03 bits per heavy atom. The van der Waals surface area contributed by atoms with Crippen molar-refractivity contribution in [3.8, 4) is 22.8 Å². The summed E-state index contributed by atoms with van der Waals surface area (Å²) in [5, 5.41) is 0. The van der Waals surface area contributed by atoms with Gasteiger partial charge in [-0.1, -0.05) is 6.07 Å². The van der Waals surface area contributed by atoms with E-state index in [4.69, 9.17) is 14.2 Å². The van der Waals surface area contributed by atoms with E-state index in [0.29, 0.717) is 22.9 Å². The first-order valence-electron chi connectivity index (χ1n) is 9.26. The van der Waals surface area contributed by atoms with Gasteiger partial charge in [-0.05, 0) is 74.5 Å². The van der Waals surface area contributed by atoms with Gasteiger partial charge >= 0.3 is 0 Å². The maximum absolute atomic E-state index is 13.0. The number of hydrogen-bond donors (Lipinski definition) is 0. The van der Waals surface area contributed by atoms with Crippen molar-refractivity contribution in [2.75, 3.05) is 6.61 Å². The predicted molar refractivity (Wildman–Crippen MR) is 105 cm³/mol. The van der Waals surface area contributed by atoms with Gasteiger partial charge in [0.25, 0.3) is 0 Å². The van der Waals surface area contributed by atoms with E-state index < -0.39 is 11.9 Å². The molecule has 4 rings (SSSR count). The van der Waals surface area contributed by atoms with E-state index in [1.807, 2.05) is 18.2 Å². The molecule has 5 nitrogen and oxygen atoms in total. The number of ether oxygens (including phenoxy) is 3. The first-order valence-corrected chi connectivity index (χ1v) is 9.26. The number of nitrogens with zero attached hydrogens (tertiary/aromatic N) is 1. The molecule has 6 heteroatoms. The van der Waals surface area contributed by atoms with Crippen molar-refractivity contribution in [1.82, 2.24) is 4.98 Å². The largest absolute Gasteiger partial charge is 0.457 e. The van der Waals surface area contributed by atoms with Crippen LogP contribution in [-0.2, 0) is 9.47 Å². The highest BCUT2D eigenvalue weighted by molar-refractivity contribution is 5.98. The number of Topliss-reactive ketones (excluding diaryl/α,β-unsaturated/α-hetero) is 1. The number of carbonyl (C=O) groups is 1. The van der Waals surface area contributed by atoms with Crippen LogP contribution in [0.5, 0.6) is 11.5 Å². The zero-order valence-electron chi connectivity index (χ0n) is 16.1. The number of halogens is 1. The summed E-state index contributed by atoms with van der Waals surface area (Å²) >= 11 is 0. The molecule has 0 unspecified atom stereocenters. The Hall–Kier alpha value is -3.09. The molecule has 2 heterocycles. The maximum Gasteiger partial charge on any atom is 0.212 e. The molecule has 1 aliphatic rings. The van der Waals surface area contributed by atoms with Gasteiger partial charge in [0.1, 0.15) is 29.1 Å². The molecule has 1 aromatic heterocycles. The van der Waals surface area contributed by atoms with Gasteiger partial charge < -0.3 is 14.2 Å². The van der Waals surface area contributed by atoms with Gasteiger partial charge in [0.2, 0.25) is 5.78 Å². The lowest BCUT2D eigenvalue weighted by Crippen LogP contribution is -2.27. The lowest BCUT2D eigenvalue weighted by molar-refractivity contribution is -0.133. The molecular formula is C23H20FNO4. The first-order chi connectivity index (χ1) is 13.9. The highest BCUT2D eigenvalue weighted by atomic mass is 19.1. The summed E-state index contributed by atoms with van der Waals surface area (Å²) < 4.78 is 29.8. The second-order valence-electron chi connectivity index (χ2n) is 7.17. The highest BCUT2D eigenvalue weighted by Crippen LogP contribution is 2.27. The molecule has 0 spiro atoms. The van der Waals surface area contributed by atoms with Gasteiger partial charge in [-0.25, -0.2) is 9.37 Å². The summed E-state index contributed by atoms with van der Waals surface area (Å²) in [6.07, 6.45) is -0.653. The molecule has 1 fully saturated rings. The summed E-state index contributed by atoms with van der Waals surface area (Å²) in [5.74, 6) is -0.115. The van der Waals surface area contributed by atoms with E-state index in [-0.39, 0.29) is 18.2 Å². The minimum absolute atomic E-state index is 0.200. The molecule has 148 valence electrons. The highest BCUT2D eigenvalue weighted by Gasteiger charge is 2.37. The van der Waals surface area contributed by atoms with Gasteiger partial charge in [0.15, 0.2) is 5.79 Å². The molecule has 0 N–H and O–H groups in total. The molecule has 1 atom stereocenters. The molecule has 0 radical (unpaired) electrons. The molecule has 29 heavy (non-hydrogen) atoms. The van der Waals surface area contributed by atoms with Crippen LogP contribution in [0.4, 0.5) is 4.39 Å². The van der Waals surface area contributed by atoms with Crippen molar-refractivity contribution < 1.29 is 23.4 Å². The molecule has 1 aliphatic heterocycles. The summed E-state index contributed by atoms with van der Waals surface area (Å²) in [7, 11) is 0. The third-order valence-electron chi connectivity index (χ3n) is 4.50. The van der Waals surface area contributed by atoms with Gasteiger partial charge in [0.05, 0.1) is 12.3 Å². The van der Waals surface area contributed by atoms with Crippen LogP contribution < -0.4 is 4.74 Å². The molecule has 0 amide bonds. The number of aromatic nitrogens is 1. The summed E-state index contributed by atoms with van der Waals surface area (Å²) in [6, 6.07) is 18.4.